The maximum Gasteiger partial charge on any atom is 0.205 e. The minimum absolute atomic E-state index is 0.169. The van der Waals surface area contributed by atoms with Gasteiger partial charge in [-0.25, -0.2) is 0 Å². The molecule has 0 aromatic heterocycles. The molecule has 3 heteroatoms. The molecule has 0 bridgehead atoms. The standard InChI is InChI=1S/C9H10N2O/c1-7-2-4-8(5-3-7)9(12)6-11-10/h2-6H,10H2,1H3/b11-6+. The number of hydrogen-bond acceptors (Lipinski definition) is 3. The average molecular weight is 162 g/mol. The van der Waals surface area contributed by atoms with Crippen LogP contribution in [0, 0.1) is 6.92 Å². The molecule has 0 saturated carbocycles. The zero-order valence-electron chi connectivity index (χ0n) is 6.82. The Hall–Kier alpha value is -1.64. The van der Waals surface area contributed by atoms with Crippen LogP contribution >= 0.6 is 0 Å². The van der Waals surface area contributed by atoms with Gasteiger partial charge in [-0.3, -0.25) is 4.79 Å². The fourth-order valence-corrected chi connectivity index (χ4v) is 0.860. The molecule has 0 aliphatic rings. The number of carbonyl (C=O) groups excluding carboxylic acids is 1. The minimum Gasteiger partial charge on any atom is -0.323 e. The summed E-state index contributed by atoms with van der Waals surface area (Å²) in [7, 11) is 0. The Balaban J connectivity index is 2.90. The van der Waals surface area contributed by atoms with Crippen molar-refractivity contribution in [2.45, 2.75) is 6.92 Å². The SMILES string of the molecule is Cc1ccc(C(=O)/C=N/N)cc1. The Morgan fingerprint density at radius 3 is 2.50 bits per heavy atom. The topological polar surface area (TPSA) is 55.5 Å². The summed E-state index contributed by atoms with van der Waals surface area (Å²) in [5.41, 5.74) is 1.73. The summed E-state index contributed by atoms with van der Waals surface area (Å²) in [6.07, 6.45) is 1.10. The smallest absolute Gasteiger partial charge is 0.205 e. The van der Waals surface area contributed by atoms with Crippen LogP contribution in [0.4, 0.5) is 0 Å². The predicted octanol–water partition coefficient (Wildman–Crippen LogP) is 1.12. The zero-order valence-corrected chi connectivity index (χ0v) is 6.82. The fourth-order valence-electron chi connectivity index (χ4n) is 0.860. The first-order valence-electron chi connectivity index (χ1n) is 3.58. The van der Waals surface area contributed by atoms with E-state index in [4.69, 9.17) is 5.84 Å². The molecule has 1 aromatic carbocycles. The van der Waals surface area contributed by atoms with Crippen LogP contribution in [0.2, 0.25) is 0 Å². The van der Waals surface area contributed by atoms with E-state index >= 15 is 0 Å². The number of Topliss-reactive ketones (excluding diaryl/α,β-unsaturated/α-hetero) is 1. The highest BCUT2D eigenvalue weighted by Gasteiger charge is 1.99. The molecule has 0 atom stereocenters. The van der Waals surface area contributed by atoms with E-state index in [1.54, 1.807) is 12.1 Å². The first kappa shape index (κ1) is 8.46. The summed E-state index contributed by atoms with van der Waals surface area (Å²) < 4.78 is 0. The van der Waals surface area contributed by atoms with Crippen molar-refractivity contribution < 1.29 is 4.79 Å². The molecule has 0 amide bonds. The molecule has 0 heterocycles. The van der Waals surface area contributed by atoms with Crippen molar-refractivity contribution in [3.05, 3.63) is 35.4 Å². The van der Waals surface area contributed by atoms with Crippen LogP contribution in [0.1, 0.15) is 15.9 Å². The first-order chi connectivity index (χ1) is 5.74. The van der Waals surface area contributed by atoms with Gasteiger partial charge in [0, 0.05) is 5.56 Å². The molecule has 1 rings (SSSR count). The highest BCUT2D eigenvalue weighted by Crippen LogP contribution is 2.02. The molecule has 12 heavy (non-hydrogen) atoms. The molecule has 0 unspecified atom stereocenters. The van der Waals surface area contributed by atoms with E-state index < -0.39 is 0 Å². The first-order valence-corrected chi connectivity index (χ1v) is 3.58. The van der Waals surface area contributed by atoms with Crippen LogP contribution in [0.25, 0.3) is 0 Å². The monoisotopic (exact) mass is 162 g/mol. The van der Waals surface area contributed by atoms with Gasteiger partial charge >= 0.3 is 0 Å². The molecule has 3 nitrogen and oxygen atoms in total. The number of nitrogens with zero attached hydrogens (tertiary/aromatic N) is 1. The molecular weight excluding hydrogens is 152 g/mol. The van der Waals surface area contributed by atoms with Crippen LogP contribution in [0.3, 0.4) is 0 Å². The highest BCUT2D eigenvalue weighted by molar-refractivity contribution is 6.35. The lowest BCUT2D eigenvalue weighted by Gasteiger charge is -1.94. The largest absolute Gasteiger partial charge is 0.323 e. The van der Waals surface area contributed by atoms with E-state index in [0.717, 1.165) is 11.8 Å². The van der Waals surface area contributed by atoms with Gasteiger partial charge in [0.2, 0.25) is 5.78 Å². The highest BCUT2D eigenvalue weighted by atomic mass is 16.1. The van der Waals surface area contributed by atoms with Crippen molar-refractivity contribution in [2.75, 3.05) is 0 Å². The maximum atomic E-state index is 11.1. The van der Waals surface area contributed by atoms with Gasteiger partial charge in [0.15, 0.2) is 0 Å². The number of benzene rings is 1. The van der Waals surface area contributed by atoms with Crippen LogP contribution in [0.5, 0.6) is 0 Å². The number of hydrogen-bond donors (Lipinski definition) is 1. The Morgan fingerprint density at radius 1 is 1.42 bits per heavy atom. The Kier molecular flexibility index (Phi) is 2.58. The number of rotatable bonds is 2. The van der Waals surface area contributed by atoms with Gasteiger partial charge in [0.05, 0.1) is 6.21 Å². The summed E-state index contributed by atoms with van der Waals surface area (Å²) in [5.74, 6) is 4.68. The van der Waals surface area contributed by atoms with Crippen molar-refractivity contribution in [2.24, 2.45) is 10.9 Å². The molecule has 0 fully saturated rings. The van der Waals surface area contributed by atoms with E-state index in [0.29, 0.717) is 5.56 Å². The van der Waals surface area contributed by atoms with Crippen molar-refractivity contribution in [3.63, 3.8) is 0 Å². The van der Waals surface area contributed by atoms with Gasteiger partial charge in [-0.2, -0.15) is 5.10 Å². The van der Waals surface area contributed by atoms with E-state index in [9.17, 15) is 4.79 Å². The lowest BCUT2D eigenvalue weighted by atomic mass is 10.1. The van der Waals surface area contributed by atoms with Gasteiger partial charge in [0.25, 0.3) is 0 Å². The van der Waals surface area contributed by atoms with Gasteiger partial charge < -0.3 is 5.84 Å². The molecule has 0 aliphatic carbocycles. The fraction of sp³-hybridized carbons (Fsp3) is 0.111. The summed E-state index contributed by atoms with van der Waals surface area (Å²) in [4.78, 5) is 11.1. The van der Waals surface area contributed by atoms with E-state index in [-0.39, 0.29) is 5.78 Å². The normalized spacial score (nSPS) is 10.4. The summed E-state index contributed by atoms with van der Waals surface area (Å²) >= 11 is 0. The zero-order chi connectivity index (χ0) is 8.97. The molecule has 0 aliphatic heterocycles. The quantitative estimate of drug-likeness (QED) is 0.306. The van der Waals surface area contributed by atoms with Crippen molar-refractivity contribution in [1.82, 2.24) is 0 Å². The number of carbonyl (C=O) groups is 1. The second-order valence-electron chi connectivity index (χ2n) is 2.51. The summed E-state index contributed by atoms with van der Waals surface area (Å²) in [5, 5.41) is 3.16. The third kappa shape index (κ3) is 1.92. The Bertz CT molecular complexity index is 301. The Morgan fingerprint density at radius 2 is 2.00 bits per heavy atom. The number of aryl methyl sites for hydroxylation is 1. The van der Waals surface area contributed by atoms with Gasteiger partial charge in [-0.15, -0.1) is 0 Å². The molecule has 1 aromatic rings. The predicted molar refractivity (Wildman–Crippen MR) is 48.2 cm³/mol. The molecule has 0 saturated heterocycles. The van der Waals surface area contributed by atoms with Crippen LogP contribution in [-0.4, -0.2) is 12.0 Å². The molecule has 0 spiro atoms. The van der Waals surface area contributed by atoms with E-state index in [2.05, 4.69) is 5.10 Å². The molecule has 62 valence electrons. The second kappa shape index (κ2) is 3.67. The summed E-state index contributed by atoms with van der Waals surface area (Å²) in [6, 6.07) is 7.24. The maximum absolute atomic E-state index is 11.1. The number of ketones is 1. The molecular formula is C9H10N2O. The third-order valence-corrected chi connectivity index (χ3v) is 1.53. The van der Waals surface area contributed by atoms with Gasteiger partial charge in [-0.05, 0) is 6.92 Å². The average Bonchev–Trinajstić information content (AvgIpc) is 2.06. The van der Waals surface area contributed by atoms with Gasteiger partial charge in [-0.1, -0.05) is 29.8 Å². The lowest BCUT2D eigenvalue weighted by molar-refractivity contribution is 0.107. The van der Waals surface area contributed by atoms with Crippen LogP contribution < -0.4 is 5.84 Å². The van der Waals surface area contributed by atoms with Crippen LogP contribution in [0.15, 0.2) is 29.4 Å². The second-order valence-corrected chi connectivity index (χ2v) is 2.51. The summed E-state index contributed by atoms with van der Waals surface area (Å²) in [6.45, 7) is 1.96. The number of hydrazone groups is 1. The number of nitrogens with two attached hydrogens (primary N) is 1. The van der Waals surface area contributed by atoms with E-state index in [1.165, 1.54) is 0 Å². The van der Waals surface area contributed by atoms with Crippen molar-refractivity contribution in [1.29, 1.82) is 0 Å². The van der Waals surface area contributed by atoms with Crippen LogP contribution in [-0.2, 0) is 0 Å². The van der Waals surface area contributed by atoms with Gasteiger partial charge in [0.1, 0.15) is 0 Å². The molecule has 2 N–H and O–H groups in total. The molecule has 0 radical (unpaired) electrons. The third-order valence-electron chi connectivity index (χ3n) is 1.53. The van der Waals surface area contributed by atoms with E-state index in [1.807, 2.05) is 19.1 Å². The minimum atomic E-state index is -0.169. The Labute approximate surface area is 70.9 Å². The lowest BCUT2D eigenvalue weighted by Crippen LogP contribution is -2.01. The van der Waals surface area contributed by atoms with Crippen molar-refractivity contribution in [3.8, 4) is 0 Å². The van der Waals surface area contributed by atoms with Crippen molar-refractivity contribution >= 4 is 12.0 Å².